The molecule has 22 heavy (non-hydrogen) atoms. The molecule has 0 heterocycles. The number of nitro benzene ring substituents is 1. The molecule has 0 unspecified atom stereocenters. The van der Waals surface area contributed by atoms with Gasteiger partial charge in [-0.05, 0) is 35.9 Å². The molecule has 0 radical (unpaired) electrons. The fourth-order valence-electron chi connectivity index (χ4n) is 1.75. The fraction of sp³-hybridized carbons (Fsp3) is 0. The Kier molecular flexibility index (Phi) is 4.43. The number of benzene rings is 1. The van der Waals surface area contributed by atoms with Crippen molar-refractivity contribution in [2.75, 3.05) is 0 Å². The topological polar surface area (TPSA) is 97.5 Å². The van der Waals surface area contributed by atoms with Crippen molar-refractivity contribution in [2.45, 2.75) is 0 Å². The van der Waals surface area contributed by atoms with E-state index >= 15 is 0 Å². The molecule has 0 aliphatic carbocycles. The summed E-state index contributed by atoms with van der Waals surface area (Å²) in [7, 11) is 0. The number of ketones is 1. The highest BCUT2D eigenvalue weighted by atomic mass is 16.6. The van der Waals surface area contributed by atoms with E-state index in [9.17, 15) is 24.8 Å². The summed E-state index contributed by atoms with van der Waals surface area (Å²) in [6.45, 7) is 0. The number of hydrogen-bond donors (Lipinski definition) is 1. The molecule has 6 heteroatoms. The van der Waals surface area contributed by atoms with Crippen molar-refractivity contribution in [2.24, 2.45) is 0 Å². The third-order valence-electron chi connectivity index (χ3n) is 2.91. The van der Waals surface area contributed by atoms with Crippen molar-refractivity contribution in [3.63, 3.8) is 0 Å². The van der Waals surface area contributed by atoms with Gasteiger partial charge in [-0.15, -0.1) is 0 Å². The summed E-state index contributed by atoms with van der Waals surface area (Å²) in [5.41, 5.74) is -0.210. The summed E-state index contributed by atoms with van der Waals surface area (Å²) in [6, 6.07) is 11.0. The lowest BCUT2D eigenvalue weighted by Gasteiger charge is -1.96. The van der Waals surface area contributed by atoms with Gasteiger partial charge in [0.05, 0.1) is 10.5 Å². The average molecular weight is 297 g/mol. The third kappa shape index (κ3) is 3.43. The van der Waals surface area contributed by atoms with Crippen LogP contribution >= 0.6 is 0 Å². The molecular formula is C16H11NO5. The Hall–Kier alpha value is -3.28. The first-order valence-corrected chi connectivity index (χ1v) is 6.28. The van der Waals surface area contributed by atoms with Crippen molar-refractivity contribution in [3.05, 3.63) is 86.1 Å². The van der Waals surface area contributed by atoms with Gasteiger partial charge in [-0.25, -0.2) is 0 Å². The maximum atomic E-state index is 12.0. The van der Waals surface area contributed by atoms with E-state index in [0.717, 1.165) is 6.07 Å². The molecule has 2 aromatic carbocycles. The SMILES string of the molecule is O=C(/C=C\c1ccc([N+](=O)[O-])cc1)c1ccccc(=O)c1O. The number of nitrogens with zero attached hydrogens (tertiary/aromatic N) is 1. The minimum Gasteiger partial charge on any atom is -0.504 e. The zero-order valence-corrected chi connectivity index (χ0v) is 11.3. The number of nitro groups is 1. The molecule has 0 saturated heterocycles. The van der Waals surface area contributed by atoms with Crippen molar-refractivity contribution in [3.8, 4) is 5.75 Å². The van der Waals surface area contributed by atoms with Gasteiger partial charge in [0.25, 0.3) is 5.69 Å². The normalized spacial score (nSPS) is 10.5. The predicted molar refractivity (Wildman–Crippen MR) is 80.8 cm³/mol. The van der Waals surface area contributed by atoms with Gasteiger partial charge < -0.3 is 5.11 Å². The lowest BCUT2D eigenvalue weighted by atomic mass is 10.1. The molecule has 1 N–H and O–H groups in total. The second-order valence-electron chi connectivity index (χ2n) is 4.39. The zero-order valence-electron chi connectivity index (χ0n) is 11.3. The second kappa shape index (κ2) is 6.45. The quantitative estimate of drug-likeness (QED) is 0.405. The number of non-ortho nitro benzene ring substituents is 1. The molecule has 0 atom stereocenters. The monoisotopic (exact) mass is 297 g/mol. The molecule has 0 amide bonds. The maximum Gasteiger partial charge on any atom is 0.269 e. The zero-order chi connectivity index (χ0) is 16.1. The van der Waals surface area contributed by atoms with E-state index in [0.29, 0.717) is 5.56 Å². The van der Waals surface area contributed by atoms with Crippen LogP contribution in [0.5, 0.6) is 5.75 Å². The van der Waals surface area contributed by atoms with Gasteiger partial charge in [-0.3, -0.25) is 19.7 Å². The summed E-state index contributed by atoms with van der Waals surface area (Å²) in [5, 5.41) is 20.2. The Labute approximate surface area is 125 Å². The Morgan fingerprint density at radius 1 is 1.09 bits per heavy atom. The molecule has 0 aliphatic rings. The first-order valence-electron chi connectivity index (χ1n) is 6.28. The van der Waals surface area contributed by atoms with Crippen LogP contribution < -0.4 is 5.43 Å². The Balaban J connectivity index is 2.26. The highest BCUT2D eigenvalue weighted by Crippen LogP contribution is 2.15. The van der Waals surface area contributed by atoms with Gasteiger partial charge in [0.15, 0.2) is 11.5 Å². The van der Waals surface area contributed by atoms with E-state index in [2.05, 4.69) is 0 Å². The first-order chi connectivity index (χ1) is 10.5. The highest BCUT2D eigenvalue weighted by Gasteiger charge is 2.09. The molecule has 0 fully saturated rings. The van der Waals surface area contributed by atoms with Crippen LogP contribution in [-0.4, -0.2) is 15.8 Å². The lowest BCUT2D eigenvalue weighted by Crippen LogP contribution is -2.01. The van der Waals surface area contributed by atoms with Crippen LogP contribution in [0.3, 0.4) is 0 Å². The van der Waals surface area contributed by atoms with E-state index in [4.69, 9.17) is 0 Å². The maximum absolute atomic E-state index is 12.0. The smallest absolute Gasteiger partial charge is 0.269 e. The molecule has 2 rings (SSSR count). The summed E-state index contributed by atoms with van der Waals surface area (Å²) in [4.78, 5) is 33.5. The van der Waals surface area contributed by atoms with Crippen LogP contribution in [0.25, 0.3) is 6.08 Å². The Morgan fingerprint density at radius 3 is 2.36 bits per heavy atom. The van der Waals surface area contributed by atoms with Crippen molar-refractivity contribution < 1.29 is 14.8 Å². The number of hydrogen-bond acceptors (Lipinski definition) is 5. The standard InChI is InChI=1S/C16H11NO5/c18-14(13-3-1-2-4-15(19)16(13)20)10-7-11-5-8-12(9-6-11)17(21)22/h1-10H,(H,19,20)/b10-7-. The van der Waals surface area contributed by atoms with Crippen LogP contribution in [0.15, 0.2) is 59.4 Å². The largest absolute Gasteiger partial charge is 0.504 e. The third-order valence-corrected chi connectivity index (χ3v) is 2.91. The molecular weight excluding hydrogens is 286 g/mol. The average Bonchev–Trinajstić information content (AvgIpc) is 2.67. The number of aromatic hydroxyl groups is 1. The molecule has 0 aliphatic heterocycles. The van der Waals surface area contributed by atoms with Crippen LogP contribution in [-0.2, 0) is 0 Å². The Morgan fingerprint density at radius 2 is 1.73 bits per heavy atom. The molecule has 0 spiro atoms. The number of carbonyl (C=O) groups is 1. The molecule has 0 aromatic heterocycles. The number of carbonyl (C=O) groups excluding carboxylic acids is 1. The van der Waals surface area contributed by atoms with E-state index < -0.39 is 21.9 Å². The van der Waals surface area contributed by atoms with Crippen molar-refractivity contribution >= 4 is 17.5 Å². The van der Waals surface area contributed by atoms with E-state index in [1.165, 1.54) is 54.6 Å². The predicted octanol–water partition coefficient (Wildman–Crippen LogP) is 2.56. The van der Waals surface area contributed by atoms with Gasteiger partial charge in [0.2, 0.25) is 5.43 Å². The fourth-order valence-corrected chi connectivity index (χ4v) is 1.75. The summed E-state index contributed by atoms with van der Waals surface area (Å²) < 4.78 is 0. The molecule has 6 nitrogen and oxygen atoms in total. The summed E-state index contributed by atoms with van der Waals surface area (Å²) in [5.74, 6) is -1.15. The van der Waals surface area contributed by atoms with Gasteiger partial charge >= 0.3 is 0 Å². The van der Waals surface area contributed by atoms with Crippen LogP contribution in [0, 0.1) is 10.1 Å². The summed E-state index contributed by atoms with van der Waals surface area (Å²) >= 11 is 0. The second-order valence-corrected chi connectivity index (χ2v) is 4.39. The van der Waals surface area contributed by atoms with E-state index in [1.54, 1.807) is 0 Å². The van der Waals surface area contributed by atoms with Crippen LogP contribution in [0.2, 0.25) is 0 Å². The highest BCUT2D eigenvalue weighted by molar-refractivity contribution is 6.08. The number of allylic oxidation sites excluding steroid dienone is 1. The Bertz CT molecular complexity index is 809. The molecule has 110 valence electrons. The van der Waals surface area contributed by atoms with Gasteiger partial charge in [-0.1, -0.05) is 18.2 Å². The van der Waals surface area contributed by atoms with Gasteiger partial charge in [-0.2, -0.15) is 0 Å². The molecule has 0 bridgehead atoms. The number of rotatable bonds is 4. The van der Waals surface area contributed by atoms with E-state index in [1.807, 2.05) is 0 Å². The minimum atomic E-state index is -0.642. The van der Waals surface area contributed by atoms with Crippen LogP contribution in [0.4, 0.5) is 5.69 Å². The minimum absolute atomic E-state index is 0.0489. The molecule has 0 saturated carbocycles. The van der Waals surface area contributed by atoms with E-state index in [-0.39, 0.29) is 11.3 Å². The van der Waals surface area contributed by atoms with Crippen LogP contribution in [0.1, 0.15) is 15.9 Å². The summed E-state index contributed by atoms with van der Waals surface area (Å²) in [6.07, 6.45) is 2.64. The lowest BCUT2D eigenvalue weighted by molar-refractivity contribution is -0.384. The van der Waals surface area contributed by atoms with Crippen molar-refractivity contribution in [1.29, 1.82) is 0 Å². The van der Waals surface area contributed by atoms with Gasteiger partial charge in [0, 0.05) is 12.1 Å². The molecule has 2 aromatic rings. The van der Waals surface area contributed by atoms with Gasteiger partial charge in [0.1, 0.15) is 0 Å². The first kappa shape index (κ1) is 15.1. The van der Waals surface area contributed by atoms with Crippen molar-refractivity contribution in [1.82, 2.24) is 0 Å².